The third-order valence-electron chi connectivity index (χ3n) is 4.36. The molecule has 1 N–H and O–H groups in total. The molecule has 0 radical (unpaired) electrons. The Kier molecular flexibility index (Phi) is 3.95. The number of imidazole rings is 2. The van der Waals surface area contributed by atoms with Crippen LogP contribution in [0.4, 0.5) is 0 Å². The lowest BCUT2D eigenvalue weighted by Gasteiger charge is -2.04. The number of carbonyl (C=O) groups excluding carboxylic acids is 1. The van der Waals surface area contributed by atoms with Gasteiger partial charge in [-0.15, -0.1) is 0 Å². The summed E-state index contributed by atoms with van der Waals surface area (Å²) in [4.78, 5) is 31.7. The molecule has 26 heavy (non-hydrogen) atoms. The Bertz CT molecular complexity index is 1000. The quantitative estimate of drug-likeness (QED) is 0.682. The number of pyridine rings is 1. The van der Waals surface area contributed by atoms with Crippen molar-refractivity contribution in [2.45, 2.75) is 32.2 Å². The smallest absolute Gasteiger partial charge is 0.374 e. The molecule has 1 saturated carbocycles. The SMILES string of the molecule is CCOC(=O)c1nc(C(=O)O)cn1Cc1cn2cc(C3CC3)ccc2n1. The van der Waals surface area contributed by atoms with Crippen LogP contribution in [-0.2, 0) is 11.3 Å². The van der Waals surface area contributed by atoms with Gasteiger partial charge in [-0.3, -0.25) is 0 Å². The molecule has 4 rings (SSSR count). The van der Waals surface area contributed by atoms with E-state index >= 15 is 0 Å². The van der Waals surface area contributed by atoms with Crippen molar-refractivity contribution in [3.63, 3.8) is 0 Å². The number of nitrogens with zero attached hydrogens (tertiary/aromatic N) is 4. The molecule has 0 saturated heterocycles. The van der Waals surface area contributed by atoms with Crippen molar-refractivity contribution in [3.8, 4) is 0 Å². The Hall–Kier alpha value is -3.16. The van der Waals surface area contributed by atoms with Gasteiger partial charge >= 0.3 is 11.9 Å². The third-order valence-corrected chi connectivity index (χ3v) is 4.36. The zero-order valence-corrected chi connectivity index (χ0v) is 14.3. The Morgan fingerprint density at radius 3 is 2.73 bits per heavy atom. The van der Waals surface area contributed by atoms with Crippen molar-refractivity contribution in [2.24, 2.45) is 0 Å². The number of hydrogen-bond donors (Lipinski definition) is 1. The van der Waals surface area contributed by atoms with Gasteiger partial charge in [-0.1, -0.05) is 6.07 Å². The Morgan fingerprint density at radius 1 is 1.23 bits per heavy atom. The number of carbonyl (C=O) groups is 2. The van der Waals surface area contributed by atoms with Crippen molar-refractivity contribution in [2.75, 3.05) is 6.61 Å². The van der Waals surface area contributed by atoms with Crippen molar-refractivity contribution in [3.05, 3.63) is 53.5 Å². The van der Waals surface area contributed by atoms with E-state index in [-0.39, 0.29) is 24.7 Å². The van der Waals surface area contributed by atoms with Crippen molar-refractivity contribution in [1.29, 1.82) is 0 Å². The van der Waals surface area contributed by atoms with E-state index < -0.39 is 11.9 Å². The van der Waals surface area contributed by atoms with Gasteiger partial charge in [-0.2, -0.15) is 0 Å². The highest BCUT2D eigenvalue weighted by Crippen LogP contribution is 2.39. The first-order valence-corrected chi connectivity index (χ1v) is 8.50. The van der Waals surface area contributed by atoms with E-state index in [0.717, 1.165) is 5.65 Å². The molecule has 1 aliphatic carbocycles. The van der Waals surface area contributed by atoms with E-state index in [0.29, 0.717) is 11.6 Å². The van der Waals surface area contributed by atoms with E-state index in [1.54, 1.807) is 6.92 Å². The molecule has 0 aromatic carbocycles. The summed E-state index contributed by atoms with van der Waals surface area (Å²) in [6.07, 6.45) is 7.74. The van der Waals surface area contributed by atoms with Crippen molar-refractivity contribution in [1.82, 2.24) is 18.9 Å². The van der Waals surface area contributed by atoms with Crippen molar-refractivity contribution >= 4 is 17.6 Å². The van der Waals surface area contributed by atoms with Crippen LogP contribution in [0.5, 0.6) is 0 Å². The topological polar surface area (TPSA) is 98.7 Å². The summed E-state index contributed by atoms with van der Waals surface area (Å²) in [6, 6.07) is 4.06. The van der Waals surface area contributed by atoms with E-state index in [1.165, 1.54) is 29.2 Å². The molecule has 0 atom stereocenters. The van der Waals surface area contributed by atoms with Crippen LogP contribution in [0.2, 0.25) is 0 Å². The summed E-state index contributed by atoms with van der Waals surface area (Å²) >= 11 is 0. The number of rotatable bonds is 6. The molecule has 8 heteroatoms. The van der Waals surface area contributed by atoms with Gasteiger partial charge in [0.1, 0.15) is 5.65 Å². The first-order chi connectivity index (χ1) is 12.5. The molecule has 8 nitrogen and oxygen atoms in total. The number of ether oxygens (including phenoxy) is 1. The van der Waals surface area contributed by atoms with Gasteiger partial charge in [-0.25, -0.2) is 19.6 Å². The van der Waals surface area contributed by atoms with Gasteiger partial charge in [0, 0.05) is 18.6 Å². The standard InChI is InChI=1S/C18H18N4O4/c1-2-26-18(25)16-20-14(17(23)24)10-22(16)9-13-8-21-7-12(11-3-4-11)5-6-15(21)19-13/h5-8,10-11H,2-4,9H2,1H3,(H,23,24). The minimum Gasteiger partial charge on any atom is -0.476 e. The molecular formula is C18H18N4O4. The molecule has 0 unspecified atom stereocenters. The lowest BCUT2D eigenvalue weighted by atomic mass is 10.2. The highest BCUT2D eigenvalue weighted by atomic mass is 16.5. The second kappa shape index (κ2) is 6.29. The van der Waals surface area contributed by atoms with Crippen LogP contribution in [0.1, 0.15) is 58.0 Å². The average molecular weight is 354 g/mol. The highest BCUT2D eigenvalue weighted by molar-refractivity contribution is 5.90. The lowest BCUT2D eigenvalue weighted by Crippen LogP contribution is -2.14. The Balaban J connectivity index is 1.66. The fraction of sp³-hybridized carbons (Fsp3) is 0.333. The fourth-order valence-corrected chi connectivity index (χ4v) is 2.97. The molecule has 0 amide bonds. The second-order valence-electron chi connectivity index (χ2n) is 6.34. The predicted molar refractivity (Wildman–Crippen MR) is 91.4 cm³/mol. The van der Waals surface area contributed by atoms with Crippen LogP contribution < -0.4 is 0 Å². The number of aromatic carboxylic acids is 1. The minimum absolute atomic E-state index is 0.0417. The maximum Gasteiger partial charge on any atom is 0.374 e. The number of fused-ring (bicyclic) bond motifs is 1. The number of carboxylic acids is 1. The van der Waals surface area contributed by atoms with Crippen LogP contribution >= 0.6 is 0 Å². The van der Waals surface area contributed by atoms with E-state index in [4.69, 9.17) is 9.84 Å². The molecule has 0 bridgehead atoms. The number of carboxylic acid groups (broad SMARTS) is 1. The van der Waals surface area contributed by atoms with E-state index in [1.807, 2.05) is 16.7 Å². The lowest BCUT2D eigenvalue weighted by molar-refractivity contribution is 0.0507. The second-order valence-corrected chi connectivity index (χ2v) is 6.34. The summed E-state index contributed by atoms with van der Waals surface area (Å²) in [7, 11) is 0. The molecular weight excluding hydrogens is 336 g/mol. The van der Waals surface area contributed by atoms with Crippen LogP contribution in [0.3, 0.4) is 0 Å². The molecule has 1 aliphatic rings. The molecule has 134 valence electrons. The molecule has 0 spiro atoms. The van der Waals surface area contributed by atoms with Crippen LogP contribution in [0.25, 0.3) is 5.65 Å². The molecule has 3 aromatic heterocycles. The first-order valence-electron chi connectivity index (χ1n) is 8.50. The largest absolute Gasteiger partial charge is 0.476 e. The fourth-order valence-electron chi connectivity index (χ4n) is 2.97. The average Bonchev–Trinajstić information content (AvgIpc) is 3.24. The first kappa shape index (κ1) is 16.3. The summed E-state index contributed by atoms with van der Waals surface area (Å²) < 4.78 is 8.39. The summed E-state index contributed by atoms with van der Waals surface area (Å²) in [6.45, 7) is 2.10. The molecule has 3 aromatic rings. The highest BCUT2D eigenvalue weighted by Gasteiger charge is 2.24. The van der Waals surface area contributed by atoms with Crippen LogP contribution in [-0.4, -0.2) is 42.6 Å². The maximum absolute atomic E-state index is 12.1. The molecule has 1 fully saturated rings. The van der Waals surface area contributed by atoms with Gasteiger partial charge < -0.3 is 18.8 Å². The third kappa shape index (κ3) is 3.05. The Labute approximate surface area is 149 Å². The van der Waals surface area contributed by atoms with E-state index in [9.17, 15) is 9.59 Å². The number of hydrogen-bond acceptors (Lipinski definition) is 5. The summed E-state index contributed by atoms with van der Waals surface area (Å²) in [5, 5.41) is 9.16. The van der Waals surface area contributed by atoms with Gasteiger partial charge in [0.25, 0.3) is 0 Å². The number of aromatic nitrogens is 4. The Morgan fingerprint density at radius 2 is 2.04 bits per heavy atom. The number of esters is 1. The monoisotopic (exact) mass is 354 g/mol. The van der Waals surface area contributed by atoms with Crippen LogP contribution in [0, 0.1) is 0 Å². The van der Waals surface area contributed by atoms with Crippen molar-refractivity contribution < 1.29 is 19.4 Å². The predicted octanol–water partition coefficient (Wildman–Crippen LogP) is 2.33. The zero-order chi connectivity index (χ0) is 18.3. The zero-order valence-electron chi connectivity index (χ0n) is 14.3. The molecule has 3 heterocycles. The normalized spacial score (nSPS) is 13.9. The molecule has 0 aliphatic heterocycles. The van der Waals surface area contributed by atoms with Gasteiger partial charge in [0.2, 0.25) is 5.82 Å². The van der Waals surface area contributed by atoms with Crippen LogP contribution in [0.15, 0.2) is 30.7 Å². The summed E-state index contributed by atoms with van der Waals surface area (Å²) in [5.41, 5.74) is 2.61. The van der Waals surface area contributed by atoms with Gasteiger partial charge in [0.05, 0.1) is 18.8 Å². The van der Waals surface area contributed by atoms with Gasteiger partial charge in [-0.05, 0) is 37.3 Å². The summed E-state index contributed by atoms with van der Waals surface area (Å²) in [5.74, 6) is -1.24. The van der Waals surface area contributed by atoms with E-state index in [2.05, 4.69) is 22.2 Å². The minimum atomic E-state index is -1.20. The maximum atomic E-state index is 12.1. The van der Waals surface area contributed by atoms with Gasteiger partial charge in [0.15, 0.2) is 5.69 Å².